The third-order valence-electron chi connectivity index (χ3n) is 17.2. The van der Waals surface area contributed by atoms with Crippen molar-refractivity contribution in [3.05, 3.63) is 164 Å². The van der Waals surface area contributed by atoms with Crippen LogP contribution in [-0.2, 0) is 5.41 Å². The van der Waals surface area contributed by atoms with E-state index in [1.165, 1.54) is 174 Å². The van der Waals surface area contributed by atoms with Crippen LogP contribution in [0.15, 0.2) is 130 Å². The van der Waals surface area contributed by atoms with Gasteiger partial charge in [0.2, 0.25) is 0 Å². The van der Waals surface area contributed by atoms with Crippen LogP contribution >= 0.6 is 31.9 Å². The average Bonchev–Trinajstić information content (AvgIpc) is 4.21. The molecule has 2 saturated carbocycles. The molecule has 0 spiro atoms. The molecule has 5 aliphatic rings. The topological polar surface area (TPSA) is 6.48 Å². The number of fused-ring (bicyclic) bond motifs is 13. The molecule has 5 aliphatic carbocycles. The molecule has 6 aromatic rings. The molecule has 67 heavy (non-hydrogen) atoms. The molecule has 0 saturated heterocycles. The summed E-state index contributed by atoms with van der Waals surface area (Å²) in [5, 5.41) is 0. The van der Waals surface area contributed by atoms with Crippen molar-refractivity contribution in [1.82, 2.24) is 0 Å². The van der Waals surface area contributed by atoms with Crippen molar-refractivity contribution in [2.45, 2.75) is 171 Å². The van der Waals surface area contributed by atoms with E-state index < -0.39 is 0 Å². The molecule has 4 unspecified atom stereocenters. The fraction of sp³-hybridized carbons (Fsp3) is 0.429. The van der Waals surface area contributed by atoms with E-state index in [9.17, 15) is 0 Å². The van der Waals surface area contributed by atoms with Gasteiger partial charge < -0.3 is 9.80 Å². The number of anilines is 6. The smallest absolute Gasteiger partial charge is 0.0465 e. The van der Waals surface area contributed by atoms with Crippen LogP contribution in [0, 0.1) is 0 Å². The molecular weight excluding hydrogens is 945 g/mol. The van der Waals surface area contributed by atoms with Crippen molar-refractivity contribution in [2.24, 2.45) is 0 Å². The maximum atomic E-state index is 3.77. The van der Waals surface area contributed by atoms with E-state index in [1.54, 1.807) is 33.4 Å². The van der Waals surface area contributed by atoms with Gasteiger partial charge in [0, 0.05) is 48.5 Å². The van der Waals surface area contributed by atoms with Crippen molar-refractivity contribution in [2.75, 3.05) is 9.80 Å². The summed E-state index contributed by atoms with van der Waals surface area (Å²) in [4.78, 5) is 5.15. The van der Waals surface area contributed by atoms with Crippen LogP contribution in [0.4, 0.5) is 34.1 Å². The van der Waals surface area contributed by atoms with Crippen LogP contribution < -0.4 is 9.80 Å². The first-order valence-electron chi connectivity index (χ1n) is 26.6. The Bertz CT molecular complexity index is 2510. The number of hydrogen-bond donors (Lipinski definition) is 0. The largest absolute Gasteiger partial charge is 0.310 e. The van der Waals surface area contributed by atoms with Crippen LogP contribution in [-0.4, -0.2) is 0 Å². The zero-order chi connectivity index (χ0) is 45.5. The molecule has 0 amide bonds. The average molecular weight is 1020 g/mol. The molecule has 0 aliphatic heterocycles. The summed E-state index contributed by atoms with van der Waals surface area (Å²) < 4.78 is 2.23. The third kappa shape index (κ3) is 8.68. The highest BCUT2D eigenvalue weighted by Crippen LogP contribution is 2.59. The molecule has 0 radical (unpaired) electrons. The number of nitrogens with zero attached hydrogens (tertiary/aromatic N) is 2. The summed E-state index contributed by atoms with van der Waals surface area (Å²) in [6.45, 7) is 4.68. The van der Waals surface area contributed by atoms with E-state index >= 15 is 0 Å². The predicted molar refractivity (Wildman–Crippen MR) is 292 cm³/mol. The molecule has 0 aromatic heterocycles. The first-order chi connectivity index (χ1) is 32.9. The Hall–Kier alpha value is -4.12. The number of hydrogen-bond acceptors (Lipinski definition) is 2. The second-order valence-corrected chi connectivity index (χ2v) is 23.1. The van der Waals surface area contributed by atoms with Crippen LogP contribution in [0.5, 0.6) is 0 Å². The van der Waals surface area contributed by atoms with Crippen LogP contribution in [0.25, 0.3) is 11.1 Å². The zero-order valence-electron chi connectivity index (χ0n) is 40.1. The molecule has 0 N–H and O–H groups in total. The molecule has 0 heterocycles. The Morgan fingerprint density at radius 1 is 0.388 bits per heavy atom. The van der Waals surface area contributed by atoms with Crippen molar-refractivity contribution in [3.8, 4) is 11.1 Å². The second kappa shape index (κ2) is 19.7. The Balaban J connectivity index is 1.05. The minimum Gasteiger partial charge on any atom is -0.310 e. The standard InChI is InChI=1S/C63H70Br2N2/c1-3-5-7-9-11-13-35-63(36-14-12-10-8-6-4-2)61-41-53(66(49-23-19-47(64)20-24-49)51-27-31-55-43-15-17-45(37-43)59(55)39-51)29-33-57(61)58-34-30-54(42-62(58)63)67(50-25-21-48(65)22-26-50)52-28-32-56-44-16-18-46(38-44)60(56)40-52/h19-34,39-46H,3-18,35-38H2,1-2H3. The monoisotopic (exact) mass is 1010 g/mol. The van der Waals surface area contributed by atoms with Crippen LogP contribution in [0.3, 0.4) is 0 Å². The second-order valence-electron chi connectivity index (χ2n) is 21.2. The number of unbranched alkanes of at least 4 members (excludes halogenated alkanes) is 10. The van der Waals surface area contributed by atoms with Gasteiger partial charge in [-0.1, -0.05) is 147 Å². The third-order valence-corrected chi connectivity index (χ3v) is 18.3. The van der Waals surface area contributed by atoms with Crippen molar-refractivity contribution in [1.29, 1.82) is 0 Å². The van der Waals surface area contributed by atoms with E-state index in [0.717, 1.165) is 20.8 Å². The van der Waals surface area contributed by atoms with Crippen molar-refractivity contribution in [3.63, 3.8) is 0 Å². The predicted octanol–water partition coefficient (Wildman–Crippen LogP) is 20.6. The number of benzene rings is 6. The number of rotatable bonds is 20. The highest BCUT2D eigenvalue weighted by Gasteiger charge is 2.44. The molecular formula is C63H70Br2N2. The maximum Gasteiger partial charge on any atom is 0.0465 e. The summed E-state index contributed by atoms with van der Waals surface area (Å²) in [7, 11) is 0. The van der Waals surface area contributed by atoms with E-state index in [-0.39, 0.29) is 5.41 Å². The molecule has 6 aromatic carbocycles. The van der Waals surface area contributed by atoms with Gasteiger partial charge in [-0.3, -0.25) is 0 Å². The Kier molecular flexibility index (Phi) is 13.3. The highest BCUT2D eigenvalue weighted by atomic mass is 79.9. The normalized spacial score (nSPS) is 19.9. The molecule has 2 fully saturated rings. The van der Waals surface area contributed by atoms with Gasteiger partial charge in [-0.15, -0.1) is 0 Å². The summed E-state index contributed by atoms with van der Waals surface area (Å²) in [6.07, 6.45) is 26.1. The van der Waals surface area contributed by atoms with Gasteiger partial charge in [-0.05, 0) is 217 Å². The lowest BCUT2D eigenvalue weighted by atomic mass is 9.70. The first kappa shape index (κ1) is 45.3. The highest BCUT2D eigenvalue weighted by molar-refractivity contribution is 9.10. The lowest BCUT2D eigenvalue weighted by Crippen LogP contribution is -2.26. The molecule has 346 valence electrons. The molecule has 4 atom stereocenters. The van der Waals surface area contributed by atoms with Gasteiger partial charge in [0.15, 0.2) is 0 Å². The fourth-order valence-corrected chi connectivity index (χ4v) is 14.4. The molecule has 4 bridgehead atoms. The van der Waals surface area contributed by atoms with E-state index in [2.05, 4.69) is 177 Å². The van der Waals surface area contributed by atoms with Crippen molar-refractivity contribution < 1.29 is 0 Å². The Morgan fingerprint density at radius 3 is 1.15 bits per heavy atom. The molecule has 2 nitrogen and oxygen atoms in total. The van der Waals surface area contributed by atoms with E-state index in [4.69, 9.17) is 0 Å². The van der Waals surface area contributed by atoms with Gasteiger partial charge in [-0.2, -0.15) is 0 Å². The van der Waals surface area contributed by atoms with Gasteiger partial charge in [-0.25, -0.2) is 0 Å². The minimum absolute atomic E-state index is 0.0862. The zero-order valence-corrected chi connectivity index (χ0v) is 43.3. The minimum atomic E-state index is -0.0862. The maximum absolute atomic E-state index is 3.77. The number of halogens is 2. The van der Waals surface area contributed by atoms with Gasteiger partial charge in [0.25, 0.3) is 0 Å². The lowest BCUT2D eigenvalue weighted by Gasteiger charge is -2.35. The van der Waals surface area contributed by atoms with Gasteiger partial charge >= 0.3 is 0 Å². The quantitative estimate of drug-likeness (QED) is 0.0703. The summed E-state index contributed by atoms with van der Waals surface area (Å²) in [5.74, 6) is 2.92. The fourth-order valence-electron chi connectivity index (χ4n) is 13.8. The summed E-state index contributed by atoms with van der Waals surface area (Å²) in [6, 6.07) is 48.2. The SMILES string of the molecule is CCCCCCCCC1(CCCCCCCC)c2cc(N(c3ccc(Br)cc3)c3ccc4c(c3)C3CCC4C3)ccc2-c2ccc(N(c3ccc(Br)cc3)c3ccc4c(c3)C3CCC4C3)cc21. The van der Waals surface area contributed by atoms with Gasteiger partial charge in [0.1, 0.15) is 0 Å². The van der Waals surface area contributed by atoms with Crippen LogP contribution in [0.2, 0.25) is 0 Å². The van der Waals surface area contributed by atoms with E-state index in [0.29, 0.717) is 11.8 Å². The van der Waals surface area contributed by atoms with E-state index in [1.807, 2.05) is 0 Å². The molecule has 4 heteroatoms. The summed E-state index contributed by atoms with van der Waals surface area (Å²) in [5.41, 5.74) is 19.9. The molecule has 11 rings (SSSR count). The summed E-state index contributed by atoms with van der Waals surface area (Å²) >= 11 is 7.55. The Morgan fingerprint density at radius 2 is 0.731 bits per heavy atom. The Labute approximate surface area is 419 Å². The lowest BCUT2D eigenvalue weighted by molar-refractivity contribution is 0.398. The van der Waals surface area contributed by atoms with Crippen LogP contribution in [0.1, 0.15) is 199 Å². The first-order valence-corrected chi connectivity index (χ1v) is 28.2. The van der Waals surface area contributed by atoms with Crippen molar-refractivity contribution >= 4 is 66.0 Å². The van der Waals surface area contributed by atoms with Gasteiger partial charge in [0.05, 0.1) is 0 Å².